The van der Waals surface area contributed by atoms with E-state index in [0.29, 0.717) is 17.2 Å². The van der Waals surface area contributed by atoms with Crippen molar-refractivity contribution in [1.82, 2.24) is 0 Å². The zero-order valence-corrected chi connectivity index (χ0v) is 8.94. The summed E-state index contributed by atoms with van der Waals surface area (Å²) >= 11 is 0. The predicted octanol–water partition coefficient (Wildman–Crippen LogP) is 0.128. The topological polar surface area (TPSA) is 90.7 Å². The molecule has 0 aliphatic heterocycles. The molecule has 0 saturated heterocycles. The van der Waals surface area contributed by atoms with Crippen molar-refractivity contribution in [3.05, 3.63) is 18.2 Å². The molecular formula is C10H12N2O4. The van der Waals surface area contributed by atoms with Gasteiger partial charge in [0.1, 0.15) is 11.5 Å². The number of ether oxygens (including phenoxy) is 2. The molecule has 1 rings (SSSR count). The molecule has 2 amide bonds. The zero-order chi connectivity index (χ0) is 12.1. The summed E-state index contributed by atoms with van der Waals surface area (Å²) in [5.74, 6) is -1.03. The molecule has 86 valence electrons. The van der Waals surface area contributed by atoms with Crippen LogP contribution < -0.4 is 20.5 Å². The van der Waals surface area contributed by atoms with Crippen LogP contribution >= 0.6 is 0 Å². The molecule has 6 heteroatoms. The minimum atomic E-state index is -1.06. The monoisotopic (exact) mass is 224 g/mol. The number of nitrogens with one attached hydrogen (secondary N) is 1. The highest BCUT2D eigenvalue weighted by molar-refractivity contribution is 6.39. The SMILES string of the molecule is COc1ccc(OC)c(NC(=O)C(N)=O)c1. The number of hydrogen-bond donors (Lipinski definition) is 2. The van der Waals surface area contributed by atoms with Gasteiger partial charge in [-0.2, -0.15) is 0 Å². The molecule has 0 bridgehead atoms. The van der Waals surface area contributed by atoms with E-state index in [1.54, 1.807) is 12.1 Å². The summed E-state index contributed by atoms with van der Waals surface area (Å²) in [6, 6.07) is 4.80. The number of rotatable bonds is 3. The second-order valence-electron chi connectivity index (χ2n) is 2.88. The Hall–Kier alpha value is -2.24. The zero-order valence-electron chi connectivity index (χ0n) is 8.94. The van der Waals surface area contributed by atoms with Crippen molar-refractivity contribution < 1.29 is 19.1 Å². The largest absolute Gasteiger partial charge is 0.497 e. The van der Waals surface area contributed by atoms with Crippen LogP contribution in [0.25, 0.3) is 0 Å². The molecule has 0 aromatic heterocycles. The number of carbonyl (C=O) groups is 2. The fraction of sp³-hybridized carbons (Fsp3) is 0.200. The molecule has 0 unspecified atom stereocenters. The van der Waals surface area contributed by atoms with E-state index in [1.165, 1.54) is 20.3 Å². The molecule has 16 heavy (non-hydrogen) atoms. The fourth-order valence-corrected chi connectivity index (χ4v) is 1.10. The van der Waals surface area contributed by atoms with E-state index in [9.17, 15) is 9.59 Å². The number of benzene rings is 1. The molecule has 0 saturated carbocycles. The van der Waals surface area contributed by atoms with Crippen LogP contribution in [0.2, 0.25) is 0 Å². The van der Waals surface area contributed by atoms with Gasteiger partial charge in [0.25, 0.3) is 0 Å². The fourth-order valence-electron chi connectivity index (χ4n) is 1.10. The Morgan fingerprint density at radius 1 is 1.25 bits per heavy atom. The van der Waals surface area contributed by atoms with Crippen LogP contribution in [0.3, 0.4) is 0 Å². The van der Waals surface area contributed by atoms with Gasteiger partial charge in [-0.05, 0) is 12.1 Å². The Bertz CT molecular complexity index is 417. The lowest BCUT2D eigenvalue weighted by Crippen LogP contribution is -2.29. The number of nitrogens with two attached hydrogens (primary N) is 1. The first-order valence-corrected chi connectivity index (χ1v) is 4.41. The van der Waals surface area contributed by atoms with E-state index < -0.39 is 11.8 Å². The highest BCUT2D eigenvalue weighted by Gasteiger charge is 2.12. The number of methoxy groups -OCH3 is 2. The molecule has 0 heterocycles. The quantitative estimate of drug-likeness (QED) is 0.714. The van der Waals surface area contributed by atoms with Gasteiger partial charge in [-0.1, -0.05) is 0 Å². The van der Waals surface area contributed by atoms with Crippen molar-refractivity contribution in [1.29, 1.82) is 0 Å². The molecule has 1 aromatic rings. The standard InChI is InChI=1S/C10H12N2O4/c1-15-6-3-4-8(16-2)7(5-6)12-10(14)9(11)13/h3-5H,1-2H3,(H2,11,13)(H,12,14). The van der Waals surface area contributed by atoms with Crippen LogP contribution in [-0.2, 0) is 9.59 Å². The van der Waals surface area contributed by atoms with Crippen LogP contribution in [0.1, 0.15) is 0 Å². The summed E-state index contributed by atoms with van der Waals surface area (Å²) in [6.45, 7) is 0. The summed E-state index contributed by atoms with van der Waals surface area (Å²) < 4.78 is 9.98. The summed E-state index contributed by atoms with van der Waals surface area (Å²) in [7, 11) is 2.93. The maximum Gasteiger partial charge on any atom is 0.313 e. The molecule has 0 fully saturated rings. The van der Waals surface area contributed by atoms with Crippen molar-refractivity contribution in [3.8, 4) is 11.5 Å². The summed E-state index contributed by atoms with van der Waals surface area (Å²) in [5, 5.41) is 2.32. The van der Waals surface area contributed by atoms with Gasteiger partial charge in [0.05, 0.1) is 19.9 Å². The minimum Gasteiger partial charge on any atom is -0.497 e. The van der Waals surface area contributed by atoms with Crippen LogP contribution in [0, 0.1) is 0 Å². The molecule has 0 atom stereocenters. The van der Waals surface area contributed by atoms with E-state index >= 15 is 0 Å². The summed E-state index contributed by atoms with van der Waals surface area (Å²) in [6.07, 6.45) is 0. The maximum absolute atomic E-state index is 11.1. The molecule has 6 nitrogen and oxygen atoms in total. The van der Waals surface area contributed by atoms with Crippen molar-refractivity contribution in [2.24, 2.45) is 5.73 Å². The van der Waals surface area contributed by atoms with Gasteiger partial charge in [-0.15, -0.1) is 0 Å². The van der Waals surface area contributed by atoms with Gasteiger partial charge < -0.3 is 20.5 Å². The maximum atomic E-state index is 11.1. The number of hydrogen-bond acceptors (Lipinski definition) is 4. The highest BCUT2D eigenvalue weighted by atomic mass is 16.5. The summed E-state index contributed by atoms with van der Waals surface area (Å²) in [4.78, 5) is 21.7. The molecule has 0 aliphatic carbocycles. The van der Waals surface area contributed by atoms with Gasteiger partial charge in [-0.25, -0.2) is 0 Å². The lowest BCUT2D eigenvalue weighted by molar-refractivity contribution is -0.134. The van der Waals surface area contributed by atoms with Gasteiger partial charge in [0.2, 0.25) is 0 Å². The molecular weight excluding hydrogens is 212 g/mol. The first-order chi connectivity index (χ1) is 7.58. The Balaban J connectivity index is 3.00. The minimum absolute atomic E-state index is 0.325. The van der Waals surface area contributed by atoms with E-state index in [2.05, 4.69) is 5.32 Å². The molecule has 0 spiro atoms. The summed E-state index contributed by atoms with van der Waals surface area (Å²) in [5.41, 5.74) is 5.15. The molecule has 1 aromatic carbocycles. The third-order valence-corrected chi connectivity index (χ3v) is 1.88. The average Bonchev–Trinajstić information content (AvgIpc) is 2.28. The Morgan fingerprint density at radius 3 is 2.44 bits per heavy atom. The lowest BCUT2D eigenvalue weighted by Gasteiger charge is -2.10. The van der Waals surface area contributed by atoms with Crippen molar-refractivity contribution in [2.75, 3.05) is 19.5 Å². The van der Waals surface area contributed by atoms with E-state index in [0.717, 1.165) is 0 Å². The van der Waals surface area contributed by atoms with Crippen LogP contribution in [0.4, 0.5) is 5.69 Å². The lowest BCUT2D eigenvalue weighted by atomic mass is 10.2. The number of anilines is 1. The first kappa shape index (κ1) is 11.8. The predicted molar refractivity (Wildman–Crippen MR) is 57.4 cm³/mol. The van der Waals surface area contributed by atoms with Crippen molar-refractivity contribution >= 4 is 17.5 Å². The second kappa shape index (κ2) is 5.01. The van der Waals surface area contributed by atoms with Gasteiger partial charge in [-0.3, -0.25) is 9.59 Å². The Kier molecular flexibility index (Phi) is 3.71. The molecule has 0 aliphatic rings. The number of primary amides is 1. The third kappa shape index (κ3) is 2.63. The van der Waals surface area contributed by atoms with Gasteiger partial charge in [0.15, 0.2) is 0 Å². The van der Waals surface area contributed by atoms with Gasteiger partial charge >= 0.3 is 11.8 Å². The Labute approximate surface area is 92.3 Å². The smallest absolute Gasteiger partial charge is 0.313 e. The van der Waals surface area contributed by atoms with Crippen molar-refractivity contribution in [3.63, 3.8) is 0 Å². The Morgan fingerprint density at radius 2 is 1.94 bits per heavy atom. The van der Waals surface area contributed by atoms with E-state index in [4.69, 9.17) is 15.2 Å². The average molecular weight is 224 g/mol. The van der Waals surface area contributed by atoms with E-state index in [-0.39, 0.29) is 0 Å². The van der Waals surface area contributed by atoms with Crippen LogP contribution in [0.5, 0.6) is 11.5 Å². The van der Waals surface area contributed by atoms with E-state index in [1.807, 2.05) is 0 Å². The van der Waals surface area contributed by atoms with Gasteiger partial charge in [0, 0.05) is 6.07 Å². The molecule has 3 N–H and O–H groups in total. The van der Waals surface area contributed by atoms with Crippen molar-refractivity contribution in [2.45, 2.75) is 0 Å². The number of amides is 2. The van der Waals surface area contributed by atoms with Crippen LogP contribution in [0.15, 0.2) is 18.2 Å². The molecule has 0 radical (unpaired) electrons. The normalized spacial score (nSPS) is 9.38. The number of carbonyl (C=O) groups excluding carboxylic acids is 2. The van der Waals surface area contributed by atoms with Crippen LogP contribution in [-0.4, -0.2) is 26.0 Å². The highest BCUT2D eigenvalue weighted by Crippen LogP contribution is 2.28. The second-order valence-corrected chi connectivity index (χ2v) is 2.88. The first-order valence-electron chi connectivity index (χ1n) is 4.41. The third-order valence-electron chi connectivity index (χ3n) is 1.88.